The minimum Gasteiger partial charge on any atom is -0.507 e. The molecule has 39 heavy (non-hydrogen) atoms. The van der Waals surface area contributed by atoms with Gasteiger partial charge in [0.25, 0.3) is 11.7 Å². The number of amides is 1. The molecule has 0 spiro atoms. The van der Waals surface area contributed by atoms with Crippen LogP contribution in [0.15, 0.2) is 60.2 Å². The van der Waals surface area contributed by atoms with Gasteiger partial charge in [0.15, 0.2) is 0 Å². The minimum absolute atomic E-state index is 0.0200. The molecule has 0 aromatic heterocycles. The van der Waals surface area contributed by atoms with Crippen LogP contribution in [0.1, 0.15) is 60.2 Å². The van der Waals surface area contributed by atoms with Crippen molar-refractivity contribution in [2.45, 2.75) is 52.6 Å². The fourth-order valence-electron chi connectivity index (χ4n) is 4.90. The highest BCUT2D eigenvalue weighted by molar-refractivity contribution is 6.46. The van der Waals surface area contributed by atoms with E-state index in [9.17, 15) is 14.7 Å². The number of aliphatic hydroxyl groups excluding tert-OH is 1. The van der Waals surface area contributed by atoms with Gasteiger partial charge in [-0.3, -0.25) is 9.59 Å². The summed E-state index contributed by atoms with van der Waals surface area (Å²) in [5, 5.41) is 11.8. The first kappa shape index (κ1) is 28.2. The lowest BCUT2D eigenvalue weighted by Crippen LogP contribution is -2.29. The van der Waals surface area contributed by atoms with E-state index in [1.807, 2.05) is 56.3 Å². The molecule has 1 unspecified atom stereocenters. The van der Waals surface area contributed by atoms with Crippen molar-refractivity contribution in [2.24, 2.45) is 0 Å². The van der Waals surface area contributed by atoms with E-state index in [1.165, 1.54) is 31.3 Å². The summed E-state index contributed by atoms with van der Waals surface area (Å²) in [4.78, 5) is 28.6. The number of Topliss-reactive ketones (excluding diaryl/α,β-unsaturated/α-hetero) is 1. The molecule has 3 aromatic carbocycles. The van der Waals surface area contributed by atoms with Crippen molar-refractivity contribution >= 4 is 29.1 Å². The van der Waals surface area contributed by atoms with Gasteiger partial charge in [-0.15, -0.1) is 0 Å². The molecule has 0 aliphatic carbocycles. The summed E-state index contributed by atoms with van der Waals surface area (Å²) in [6.45, 7) is 10.5. The maximum absolute atomic E-state index is 13.6. The van der Waals surface area contributed by atoms with Gasteiger partial charge in [-0.1, -0.05) is 80.4 Å². The monoisotopic (exact) mass is 547 g/mol. The summed E-state index contributed by atoms with van der Waals surface area (Å²) in [5.41, 5.74) is 4.92. The van der Waals surface area contributed by atoms with Crippen LogP contribution >= 0.6 is 11.6 Å². The van der Waals surface area contributed by atoms with Crippen LogP contribution in [0, 0.1) is 13.8 Å². The molecular weight excluding hydrogens is 514 g/mol. The lowest BCUT2D eigenvalue weighted by atomic mass is 9.85. The molecule has 1 amide bonds. The molecule has 7 heteroatoms. The number of aryl methyl sites for hydroxylation is 2. The van der Waals surface area contributed by atoms with E-state index in [-0.39, 0.29) is 39.6 Å². The fraction of sp³-hybridized carbons (Fsp3) is 0.312. The van der Waals surface area contributed by atoms with Gasteiger partial charge in [0.05, 0.1) is 36.4 Å². The number of hydrogen-bond donors (Lipinski definition) is 1. The predicted molar refractivity (Wildman–Crippen MR) is 153 cm³/mol. The highest BCUT2D eigenvalue weighted by atomic mass is 35.5. The smallest absolute Gasteiger partial charge is 0.295 e. The molecule has 4 rings (SSSR count). The molecule has 1 saturated heterocycles. The topological polar surface area (TPSA) is 76.1 Å². The van der Waals surface area contributed by atoms with Gasteiger partial charge in [-0.2, -0.15) is 0 Å². The third kappa shape index (κ3) is 5.39. The number of benzene rings is 3. The second kappa shape index (κ2) is 10.8. The molecule has 6 nitrogen and oxygen atoms in total. The molecule has 1 aliphatic heterocycles. The summed E-state index contributed by atoms with van der Waals surface area (Å²) in [7, 11) is 2.92. The average Bonchev–Trinajstić information content (AvgIpc) is 3.14. The number of ether oxygens (including phenoxy) is 2. The summed E-state index contributed by atoms with van der Waals surface area (Å²) in [6, 6.07) is 16.1. The molecule has 1 atom stereocenters. The molecule has 3 aromatic rings. The van der Waals surface area contributed by atoms with Crippen LogP contribution in [-0.4, -0.2) is 35.9 Å². The van der Waals surface area contributed by atoms with Crippen LogP contribution in [0.4, 0.5) is 0 Å². The number of carbonyl (C=O) groups is 2. The van der Waals surface area contributed by atoms with Crippen molar-refractivity contribution in [2.75, 3.05) is 14.2 Å². The maximum Gasteiger partial charge on any atom is 0.295 e. The van der Waals surface area contributed by atoms with Gasteiger partial charge < -0.3 is 19.5 Å². The predicted octanol–water partition coefficient (Wildman–Crippen LogP) is 6.89. The highest BCUT2D eigenvalue weighted by Gasteiger charge is 2.46. The molecule has 0 radical (unpaired) electrons. The molecule has 0 saturated carbocycles. The molecule has 1 aliphatic rings. The van der Waals surface area contributed by atoms with Crippen molar-refractivity contribution in [3.63, 3.8) is 0 Å². The first-order valence-corrected chi connectivity index (χ1v) is 13.1. The van der Waals surface area contributed by atoms with Crippen molar-refractivity contribution in [3.8, 4) is 11.5 Å². The SMILES string of the molecule is COc1cc(OC)c(/C(O)=C2\C(=O)C(=O)N(Cc3cc(C)ccc3C)C2c2ccc(C(C)(C)C)cc2)cc1Cl. The number of nitrogens with zero attached hydrogens (tertiary/aromatic N) is 1. The molecule has 204 valence electrons. The van der Waals surface area contributed by atoms with Gasteiger partial charge >= 0.3 is 0 Å². The third-order valence-electron chi connectivity index (χ3n) is 7.21. The third-order valence-corrected chi connectivity index (χ3v) is 7.50. The normalized spacial score (nSPS) is 17.0. The summed E-state index contributed by atoms with van der Waals surface area (Å²) >= 11 is 6.38. The molecule has 0 bridgehead atoms. The number of halogens is 1. The van der Waals surface area contributed by atoms with Crippen molar-refractivity contribution in [1.82, 2.24) is 4.90 Å². The number of rotatable bonds is 6. The van der Waals surface area contributed by atoms with Gasteiger partial charge in [0.1, 0.15) is 17.3 Å². The summed E-state index contributed by atoms with van der Waals surface area (Å²) in [6.07, 6.45) is 0. The highest BCUT2D eigenvalue weighted by Crippen LogP contribution is 2.44. The van der Waals surface area contributed by atoms with E-state index in [0.29, 0.717) is 11.3 Å². The Bertz CT molecular complexity index is 1470. The summed E-state index contributed by atoms with van der Waals surface area (Å²) in [5.74, 6) is -1.19. The molecule has 1 heterocycles. The van der Waals surface area contributed by atoms with Crippen LogP contribution < -0.4 is 9.47 Å². The second-order valence-electron chi connectivity index (χ2n) is 10.9. The van der Waals surface area contributed by atoms with Gasteiger partial charge in [0, 0.05) is 12.6 Å². The minimum atomic E-state index is -0.815. The first-order chi connectivity index (χ1) is 18.4. The number of likely N-dealkylation sites (tertiary alicyclic amines) is 1. The Labute approximate surface area is 234 Å². The van der Waals surface area contributed by atoms with Crippen LogP contribution in [0.2, 0.25) is 5.02 Å². The maximum atomic E-state index is 13.6. The summed E-state index contributed by atoms with van der Waals surface area (Å²) < 4.78 is 10.8. The number of methoxy groups -OCH3 is 2. The van der Waals surface area contributed by atoms with E-state index >= 15 is 0 Å². The van der Waals surface area contributed by atoms with E-state index in [0.717, 1.165) is 22.3 Å². The van der Waals surface area contributed by atoms with Crippen LogP contribution in [0.25, 0.3) is 5.76 Å². The Morgan fingerprint density at radius 3 is 2.18 bits per heavy atom. The Balaban J connectivity index is 1.93. The number of ketones is 1. The Kier molecular flexibility index (Phi) is 7.80. The number of carbonyl (C=O) groups excluding carboxylic acids is 2. The van der Waals surface area contributed by atoms with Gasteiger partial charge in [-0.05, 0) is 47.6 Å². The zero-order chi connectivity index (χ0) is 28.6. The molecule has 1 N–H and O–H groups in total. The van der Waals surface area contributed by atoms with Crippen molar-refractivity contribution in [1.29, 1.82) is 0 Å². The fourth-order valence-corrected chi connectivity index (χ4v) is 5.14. The largest absolute Gasteiger partial charge is 0.507 e. The first-order valence-electron chi connectivity index (χ1n) is 12.7. The zero-order valence-electron chi connectivity index (χ0n) is 23.4. The quantitative estimate of drug-likeness (QED) is 0.206. The molecule has 1 fully saturated rings. The Morgan fingerprint density at radius 2 is 1.59 bits per heavy atom. The van der Waals surface area contributed by atoms with Gasteiger partial charge in [0.2, 0.25) is 0 Å². The van der Waals surface area contributed by atoms with Crippen molar-refractivity contribution in [3.05, 3.63) is 98.6 Å². The lowest BCUT2D eigenvalue weighted by Gasteiger charge is -2.27. The standard InChI is InChI=1S/C32H34ClNO5/c1-18-8-9-19(2)21(14-18)17-34-28(20-10-12-22(13-11-20)32(3,4)5)27(30(36)31(34)37)29(35)23-15-24(33)26(39-7)16-25(23)38-6/h8-16,28,35H,17H2,1-7H3/b29-27+. The van der Waals surface area contributed by atoms with E-state index in [4.69, 9.17) is 21.1 Å². The van der Waals surface area contributed by atoms with Crippen LogP contribution in [-0.2, 0) is 21.5 Å². The van der Waals surface area contributed by atoms with Crippen molar-refractivity contribution < 1.29 is 24.2 Å². The van der Waals surface area contributed by atoms with Crippen LogP contribution in [0.3, 0.4) is 0 Å². The number of aliphatic hydroxyl groups is 1. The second-order valence-corrected chi connectivity index (χ2v) is 11.3. The van der Waals surface area contributed by atoms with Crippen LogP contribution in [0.5, 0.6) is 11.5 Å². The lowest BCUT2D eigenvalue weighted by molar-refractivity contribution is -0.140. The Morgan fingerprint density at radius 1 is 0.949 bits per heavy atom. The van der Waals surface area contributed by atoms with Gasteiger partial charge in [-0.25, -0.2) is 0 Å². The van der Waals surface area contributed by atoms with E-state index < -0.39 is 17.7 Å². The van der Waals surface area contributed by atoms with E-state index in [1.54, 1.807) is 0 Å². The number of hydrogen-bond acceptors (Lipinski definition) is 5. The average molecular weight is 548 g/mol. The van der Waals surface area contributed by atoms with E-state index in [2.05, 4.69) is 20.8 Å². The zero-order valence-corrected chi connectivity index (χ0v) is 24.1. The molecular formula is C32H34ClNO5. The Hall–Kier alpha value is -3.77.